The summed E-state index contributed by atoms with van der Waals surface area (Å²) in [6, 6.07) is 11.5. The number of rotatable bonds is 10. The van der Waals surface area contributed by atoms with Crippen LogP contribution in [0, 0.1) is 0 Å². The molecular weight excluding hydrogens is 582 g/mol. The van der Waals surface area contributed by atoms with Crippen molar-refractivity contribution in [3.05, 3.63) is 93.2 Å². The molecule has 0 fully saturated rings. The first-order chi connectivity index (χ1) is 18.3. The SMILES string of the molecule is NC(=O)NCCS(=O)(=O)N(Cc1cccc(Cl)c1Cl)c1ccc(C(=O)NCc2ccc(C(F)(F)F)nc2)cc1. The van der Waals surface area contributed by atoms with Crippen LogP contribution >= 0.6 is 23.2 Å². The van der Waals surface area contributed by atoms with Crippen LogP contribution in [0.5, 0.6) is 0 Å². The van der Waals surface area contributed by atoms with Gasteiger partial charge in [0.2, 0.25) is 10.0 Å². The first-order valence-corrected chi connectivity index (χ1v) is 13.5. The first-order valence-electron chi connectivity index (χ1n) is 11.1. The van der Waals surface area contributed by atoms with Gasteiger partial charge in [0.1, 0.15) is 5.69 Å². The number of pyridine rings is 1. The van der Waals surface area contributed by atoms with Crippen molar-refractivity contribution in [1.82, 2.24) is 15.6 Å². The van der Waals surface area contributed by atoms with Gasteiger partial charge in [-0.05, 0) is 47.5 Å². The van der Waals surface area contributed by atoms with E-state index >= 15 is 0 Å². The Hall–Kier alpha value is -3.55. The Morgan fingerprint density at radius 3 is 2.28 bits per heavy atom. The van der Waals surface area contributed by atoms with Crippen molar-refractivity contribution < 1.29 is 31.2 Å². The van der Waals surface area contributed by atoms with Crippen LogP contribution in [0.2, 0.25) is 10.0 Å². The van der Waals surface area contributed by atoms with E-state index in [1.165, 1.54) is 30.3 Å². The normalized spacial score (nSPS) is 11.6. The van der Waals surface area contributed by atoms with Crippen LogP contribution in [0.25, 0.3) is 0 Å². The molecule has 3 aromatic rings. The number of nitrogens with two attached hydrogens (primary N) is 1. The third-order valence-corrected chi connectivity index (χ3v) is 7.92. The lowest BCUT2D eigenvalue weighted by atomic mass is 10.1. The number of anilines is 1. The number of benzene rings is 2. The minimum atomic E-state index is -4.57. The predicted octanol–water partition coefficient (Wildman–Crippen LogP) is 4.34. The quantitative estimate of drug-likeness (QED) is 0.317. The zero-order valence-corrected chi connectivity index (χ0v) is 22.3. The molecule has 0 radical (unpaired) electrons. The van der Waals surface area contributed by atoms with E-state index < -0.39 is 39.6 Å². The van der Waals surface area contributed by atoms with Gasteiger partial charge in [0, 0.05) is 24.8 Å². The van der Waals surface area contributed by atoms with Gasteiger partial charge in [0.15, 0.2) is 0 Å². The van der Waals surface area contributed by atoms with Gasteiger partial charge in [0.25, 0.3) is 5.91 Å². The minimum absolute atomic E-state index is 0.0770. The van der Waals surface area contributed by atoms with E-state index in [0.717, 1.165) is 16.6 Å². The fraction of sp³-hybridized carbons (Fsp3) is 0.208. The number of nitrogens with zero attached hydrogens (tertiary/aromatic N) is 2. The number of aromatic nitrogens is 1. The first kappa shape index (κ1) is 30.0. The predicted molar refractivity (Wildman–Crippen MR) is 141 cm³/mol. The summed E-state index contributed by atoms with van der Waals surface area (Å²) in [6.07, 6.45) is -3.55. The number of carbonyl (C=O) groups is 2. The number of primary amides is 1. The number of hydrogen-bond donors (Lipinski definition) is 3. The largest absolute Gasteiger partial charge is 0.433 e. The molecule has 4 N–H and O–H groups in total. The standard InChI is InChI=1S/C24H22Cl2F3N5O4S/c25-19-3-1-2-17(21(19)26)14-34(39(37,38)11-10-31-23(30)36)18-7-5-16(6-8-18)22(35)33-13-15-4-9-20(32-12-15)24(27,28)29/h1-9,12H,10-11,13-14H2,(H,33,35)(H3,30,31,36). The number of nitrogens with one attached hydrogen (secondary N) is 2. The molecule has 39 heavy (non-hydrogen) atoms. The van der Waals surface area contributed by atoms with Crippen molar-refractivity contribution in [2.45, 2.75) is 19.3 Å². The van der Waals surface area contributed by atoms with Gasteiger partial charge in [-0.1, -0.05) is 41.4 Å². The number of carbonyl (C=O) groups excluding carboxylic acids is 2. The second-order valence-electron chi connectivity index (χ2n) is 8.11. The van der Waals surface area contributed by atoms with Gasteiger partial charge < -0.3 is 16.4 Å². The number of hydrogen-bond acceptors (Lipinski definition) is 5. The van der Waals surface area contributed by atoms with Crippen LogP contribution in [0.3, 0.4) is 0 Å². The Morgan fingerprint density at radius 2 is 1.69 bits per heavy atom. The van der Waals surface area contributed by atoms with Crippen molar-refractivity contribution in [2.75, 3.05) is 16.6 Å². The summed E-state index contributed by atoms with van der Waals surface area (Å²) >= 11 is 12.3. The van der Waals surface area contributed by atoms with Crippen molar-refractivity contribution >= 4 is 50.9 Å². The lowest BCUT2D eigenvalue weighted by molar-refractivity contribution is -0.141. The Kier molecular flexibility index (Phi) is 9.64. The molecule has 2 aromatic carbocycles. The zero-order valence-electron chi connectivity index (χ0n) is 20.0. The Bertz CT molecular complexity index is 1440. The summed E-state index contributed by atoms with van der Waals surface area (Å²) < 4.78 is 65.4. The Labute approximate surface area is 232 Å². The molecule has 1 heterocycles. The summed E-state index contributed by atoms with van der Waals surface area (Å²) in [5.74, 6) is -1.02. The number of sulfonamides is 1. The highest BCUT2D eigenvalue weighted by molar-refractivity contribution is 7.92. The summed E-state index contributed by atoms with van der Waals surface area (Å²) in [4.78, 5) is 26.9. The molecule has 0 aliphatic heterocycles. The van der Waals surface area contributed by atoms with E-state index in [1.807, 2.05) is 0 Å². The highest BCUT2D eigenvalue weighted by atomic mass is 35.5. The third kappa shape index (κ3) is 8.22. The molecule has 0 saturated carbocycles. The van der Waals surface area contributed by atoms with Gasteiger partial charge in [-0.25, -0.2) is 13.2 Å². The van der Waals surface area contributed by atoms with Crippen LogP contribution in [-0.2, 0) is 29.3 Å². The minimum Gasteiger partial charge on any atom is -0.352 e. The average molecular weight is 604 g/mol. The zero-order chi connectivity index (χ0) is 28.8. The van der Waals surface area contributed by atoms with Crippen LogP contribution in [0.1, 0.15) is 27.2 Å². The molecule has 15 heteroatoms. The molecular formula is C24H22Cl2F3N5O4S. The highest BCUT2D eigenvalue weighted by Crippen LogP contribution is 2.30. The van der Waals surface area contributed by atoms with E-state index in [-0.39, 0.29) is 40.9 Å². The molecule has 9 nitrogen and oxygen atoms in total. The van der Waals surface area contributed by atoms with Crippen LogP contribution < -0.4 is 20.7 Å². The molecule has 3 amide bonds. The molecule has 0 spiro atoms. The van der Waals surface area contributed by atoms with E-state index in [9.17, 15) is 31.2 Å². The van der Waals surface area contributed by atoms with Gasteiger partial charge in [-0.15, -0.1) is 0 Å². The second kappa shape index (κ2) is 12.5. The lowest BCUT2D eigenvalue weighted by Crippen LogP contribution is -2.39. The molecule has 208 valence electrons. The number of alkyl halides is 3. The fourth-order valence-corrected chi connectivity index (χ4v) is 5.09. The third-order valence-electron chi connectivity index (χ3n) is 5.33. The summed E-state index contributed by atoms with van der Waals surface area (Å²) in [7, 11) is -4.02. The number of amides is 3. The van der Waals surface area contributed by atoms with Crippen molar-refractivity contribution in [1.29, 1.82) is 0 Å². The van der Waals surface area contributed by atoms with Gasteiger partial charge in [0.05, 0.1) is 28.0 Å². The van der Waals surface area contributed by atoms with Crippen LogP contribution in [0.4, 0.5) is 23.7 Å². The lowest BCUT2D eigenvalue weighted by Gasteiger charge is -2.25. The number of halogens is 5. The monoisotopic (exact) mass is 603 g/mol. The smallest absolute Gasteiger partial charge is 0.352 e. The fourth-order valence-electron chi connectivity index (χ4n) is 3.35. The summed E-state index contributed by atoms with van der Waals surface area (Å²) in [5, 5.41) is 5.20. The molecule has 3 rings (SSSR count). The molecule has 0 aliphatic carbocycles. The van der Waals surface area contributed by atoms with Crippen molar-refractivity contribution in [3.63, 3.8) is 0 Å². The maximum Gasteiger partial charge on any atom is 0.433 e. The maximum atomic E-state index is 13.2. The van der Waals surface area contributed by atoms with E-state index in [2.05, 4.69) is 15.6 Å². The highest BCUT2D eigenvalue weighted by Gasteiger charge is 2.32. The molecule has 0 unspecified atom stereocenters. The second-order valence-corrected chi connectivity index (χ2v) is 10.9. The van der Waals surface area contributed by atoms with Crippen molar-refractivity contribution in [2.24, 2.45) is 5.73 Å². The Morgan fingerprint density at radius 1 is 1.00 bits per heavy atom. The molecule has 0 saturated heterocycles. The van der Waals surface area contributed by atoms with Crippen LogP contribution in [0.15, 0.2) is 60.8 Å². The van der Waals surface area contributed by atoms with E-state index in [4.69, 9.17) is 28.9 Å². The van der Waals surface area contributed by atoms with Gasteiger partial charge in [-0.3, -0.25) is 14.1 Å². The van der Waals surface area contributed by atoms with Crippen molar-refractivity contribution in [3.8, 4) is 0 Å². The Balaban J connectivity index is 1.78. The molecule has 0 bridgehead atoms. The van der Waals surface area contributed by atoms with Crippen LogP contribution in [-0.4, -0.2) is 37.6 Å². The number of urea groups is 1. The molecule has 0 aliphatic rings. The van der Waals surface area contributed by atoms with E-state index in [1.54, 1.807) is 18.2 Å². The topological polar surface area (TPSA) is 134 Å². The van der Waals surface area contributed by atoms with E-state index in [0.29, 0.717) is 11.1 Å². The molecule has 0 atom stereocenters. The van der Waals surface area contributed by atoms with Gasteiger partial charge in [-0.2, -0.15) is 13.2 Å². The summed E-state index contributed by atoms with van der Waals surface area (Å²) in [5.41, 5.74) is 5.13. The maximum absolute atomic E-state index is 13.2. The summed E-state index contributed by atoms with van der Waals surface area (Å²) in [6.45, 7) is -0.506. The average Bonchev–Trinajstić information content (AvgIpc) is 2.87. The molecule has 1 aromatic heterocycles. The van der Waals surface area contributed by atoms with Gasteiger partial charge >= 0.3 is 12.2 Å².